The van der Waals surface area contributed by atoms with Gasteiger partial charge < -0.3 is 10.5 Å². The van der Waals surface area contributed by atoms with Gasteiger partial charge in [0.25, 0.3) is 0 Å². The van der Waals surface area contributed by atoms with Crippen LogP contribution in [0.4, 0.5) is 13.2 Å². The quantitative estimate of drug-likeness (QED) is 0.880. The Hall–Kier alpha value is -1.75. The Labute approximate surface area is 121 Å². The largest absolute Gasteiger partial charge is 0.488 e. The fourth-order valence-corrected chi connectivity index (χ4v) is 2.07. The van der Waals surface area contributed by atoms with Crippen LogP contribution in [-0.2, 0) is 0 Å². The summed E-state index contributed by atoms with van der Waals surface area (Å²) < 4.78 is 44.6. The zero-order valence-electron chi connectivity index (χ0n) is 12.2. The van der Waals surface area contributed by atoms with Crippen LogP contribution in [-0.4, -0.2) is 11.8 Å². The van der Waals surface area contributed by atoms with E-state index in [1.807, 2.05) is 12.1 Å². The Balaban J connectivity index is 2.61. The first-order valence-corrected chi connectivity index (χ1v) is 6.62. The molecule has 114 valence electrons. The second-order valence-electron chi connectivity index (χ2n) is 5.97. The number of alkyl halides is 3. The van der Waals surface area contributed by atoms with E-state index in [0.717, 1.165) is 5.39 Å². The summed E-state index contributed by atoms with van der Waals surface area (Å²) >= 11 is 0. The minimum absolute atomic E-state index is 0.0453. The summed E-state index contributed by atoms with van der Waals surface area (Å²) in [5, 5.41) is 1.52. The van der Waals surface area contributed by atoms with Crippen LogP contribution in [0.5, 0.6) is 5.75 Å². The highest BCUT2D eigenvalue weighted by Gasteiger charge is 2.40. The van der Waals surface area contributed by atoms with Crippen molar-refractivity contribution in [2.45, 2.75) is 38.6 Å². The Bertz CT molecular complexity index is 644. The van der Waals surface area contributed by atoms with Crippen molar-refractivity contribution in [3.63, 3.8) is 0 Å². The van der Waals surface area contributed by atoms with Crippen molar-refractivity contribution in [1.82, 2.24) is 0 Å². The normalized spacial score (nSPS) is 14.2. The molecule has 1 atom stereocenters. The van der Waals surface area contributed by atoms with Gasteiger partial charge in [-0.3, -0.25) is 0 Å². The number of nitrogens with two attached hydrogens (primary N) is 1. The number of rotatable bonds is 2. The van der Waals surface area contributed by atoms with Gasteiger partial charge in [-0.2, -0.15) is 13.2 Å². The number of ether oxygens (including phenoxy) is 1. The molecule has 0 heterocycles. The summed E-state index contributed by atoms with van der Waals surface area (Å²) in [7, 11) is 0. The first kappa shape index (κ1) is 15.6. The lowest BCUT2D eigenvalue weighted by Gasteiger charge is -2.26. The number of hydrogen-bond acceptors (Lipinski definition) is 2. The maximum Gasteiger partial charge on any atom is 0.407 e. The molecule has 0 aliphatic rings. The molecule has 2 nitrogen and oxygen atoms in total. The van der Waals surface area contributed by atoms with Crippen molar-refractivity contribution in [2.24, 2.45) is 5.73 Å². The van der Waals surface area contributed by atoms with E-state index in [2.05, 4.69) is 0 Å². The van der Waals surface area contributed by atoms with E-state index in [9.17, 15) is 13.2 Å². The average molecular weight is 297 g/mol. The van der Waals surface area contributed by atoms with Gasteiger partial charge in [0.2, 0.25) is 0 Å². The number of halogens is 3. The summed E-state index contributed by atoms with van der Waals surface area (Å²) in [6, 6.07) is 8.17. The topological polar surface area (TPSA) is 35.2 Å². The lowest BCUT2D eigenvalue weighted by atomic mass is 10.00. The molecule has 5 heteroatoms. The van der Waals surface area contributed by atoms with Gasteiger partial charge in [-0.1, -0.05) is 24.3 Å². The van der Waals surface area contributed by atoms with Crippen molar-refractivity contribution in [3.8, 4) is 5.75 Å². The van der Waals surface area contributed by atoms with Gasteiger partial charge in [0, 0.05) is 5.56 Å². The summed E-state index contributed by atoms with van der Waals surface area (Å²) in [4.78, 5) is 0. The van der Waals surface area contributed by atoms with E-state index in [0.29, 0.717) is 5.39 Å². The Morgan fingerprint density at radius 3 is 2.00 bits per heavy atom. The van der Waals surface area contributed by atoms with E-state index >= 15 is 0 Å². The van der Waals surface area contributed by atoms with Crippen LogP contribution in [0.25, 0.3) is 10.8 Å². The zero-order chi connectivity index (χ0) is 15.8. The predicted octanol–water partition coefficient (Wildman–Crippen LogP) is 4.58. The lowest BCUT2D eigenvalue weighted by molar-refractivity contribution is -0.149. The summed E-state index contributed by atoms with van der Waals surface area (Å²) in [6.07, 6.45) is -4.52. The zero-order valence-corrected chi connectivity index (χ0v) is 12.2. The summed E-state index contributed by atoms with van der Waals surface area (Å²) in [5.41, 5.74) is 4.72. The first-order chi connectivity index (χ1) is 9.58. The van der Waals surface area contributed by atoms with Crippen LogP contribution in [0.15, 0.2) is 36.4 Å². The van der Waals surface area contributed by atoms with Crippen molar-refractivity contribution in [1.29, 1.82) is 0 Å². The van der Waals surface area contributed by atoms with Crippen molar-refractivity contribution in [2.75, 3.05) is 0 Å². The fraction of sp³-hybridized carbons (Fsp3) is 0.375. The molecule has 0 unspecified atom stereocenters. The van der Waals surface area contributed by atoms with E-state index in [1.54, 1.807) is 39.0 Å². The van der Waals surface area contributed by atoms with E-state index in [-0.39, 0.29) is 11.3 Å². The molecule has 21 heavy (non-hydrogen) atoms. The molecule has 0 spiro atoms. The molecule has 0 aliphatic carbocycles. The average Bonchev–Trinajstić information content (AvgIpc) is 2.34. The van der Waals surface area contributed by atoms with Crippen LogP contribution in [0, 0.1) is 0 Å². The maximum atomic E-state index is 13.0. The van der Waals surface area contributed by atoms with Gasteiger partial charge in [0.1, 0.15) is 17.4 Å². The standard InChI is InChI=1S/C16H18F3NO/c1-15(2,3)21-13-9-11-7-5-4-6-10(11)8-12(13)14(20)16(17,18)19/h4-9,14H,20H2,1-3H3/t14-/m0/s1. The molecule has 0 saturated carbocycles. The summed E-state index contributed by atoms with van der Waals surface area (Å²) in [5.74, 6) is 0.172. The first-order valence-electron chi connectivity index (χ1n) is 6.62. The Morgan fingerprint density at radius 2 is 1.52 bits per heavy atom. The molecule has 0 fully saturated rings. The highest BCUT2D eigenvalue weighted by atomic mass is 19.4. The monoisotopic (exact) mass is 297 g/mol. The molecular weight excluding hydrogens is 279 g/mol. The highest BCUT2D eigenvalue weighted by molar-refractivity contribution is 5.85. The lowest BCUT2D eigenvalue weighted by Crippen LogP contribution is -2.30. The fourth-order valence-electron chi connectivity index (χ4n) is 2.07. The van der Waals surface area contributed by atoms with Crippen LogP contribution < -0.4 is 10.5 Å². The molecular formula is C16H18F3NO. The summed E-state index contributed by atoms with van der Waals surface area (Å²) in [6.45, 7) is 5.35. The molecule has 2 rings (SSSR count). The third-order valence-electron chi connectivity index (χ3n) is 2.98. The van der Waals surface area contributed by atoms with E-state index < -0.39 is 17.8 Å². The van der Waals surface area contributed by atoms with Gasteiger partial charge >= 0.3 is 6.18 Å². The van der Waals surface area contributed by atoms with Crippen LogP contribution in [0.2, 0.25) is 0 Å². The highest BCUT2D eigenvalue weighted by Crippen LogP contribution is 2.38. The van der Waals surface area contributed by atoms with Crippen LogP contribution >= 0.6 is 0 Å². The van der Waals surface area contributed by atoms with Crippen molar-refractivity contribution >= 4 is 10.8 Å². The number of hydrogen-bond donors (Lipinski definition) is 1. The molecule has 2 aromatic carbocycles. The molecule has 0 saturated heterocycles. The Morgan fingerprint density at radius 1 is 1.00 bits per heavy atom. The van der Waals surface area contributed by atoms with Gasteiger partial charge in [0.05, 0.1) is 0 Å². The minimum atomic E-state index is -4.52. The van der Waals surface area contributed by atoms with Crippen LogP contribution in [0.1, 0.15) is 32.4 Å². The molecule has 2 N–H and O–H groups in total. The van der Waals surface area contributed by atoms with E-state index in [1.165, 1.54) is 6.07 Å². The molecule has 0 aliphatic heterocycles. The van der Waals surface area contributed by atoms with Gasteiger partial charge in [-0.05, 0) is 43.7 Å². The molecule has 0 amide bonds. The SMILES string of the molecule is CC(C)(C)Oc1cc2ccccc2cc1[C@H](N)C(F)(F)F. The predicted molar refractivity (Wildman–Crippen MR) is 77.3 cm³/mol. The number of benzene rings is 2. The molecule has 0 aromatic heterocycles. The third kappa shape index (κ3) is 3.67. The van der Waals surface area contributed by atoms with Gasteiger partial charge in [-0.25, -0.2) is 0 Å². The molecule has 0 bridgehead atoms. The maximum absolute atomic E-state index is 13.0. The Kier molecular flexibility index (Phi) is 3.89. The number of fused-ring (bicyclic) bond motifs is 1. The smallest absolute Gasteiger partial charge is 0.407 e. The molecule has 2 aromatic rings. The van der Waals surface area contributed by atoms with Crippen molar-refractivity contribution < 1.29 is 17.9 Å². The van der Waals surface area contributed by atoms with Crippen LogP contribution in [0.3, 0.4) is 0 Å². The van der Waals surface area contributed by atoms with Gasteiger partial charge in [-0.15, -0.1) is 0 Å². The second-order valence-corrected chi connectivity index (χ2v) is 5.97. The minimum Gasteiger partial charge on any atom is -0.488 e. The third-order valence-corrected chi connectivity index (χ3v) is 2.98. The molecule has 0 radical (unpaired) electrons. The van der Waals surface area contributed by atoms with Gasteiger partial charge in [0.15, 0.2) is 0 Å². The second kappa shape index (κ2) is 5.22. The van der Waals surface area contributed by atoms with Crippen molar-refractivity contribution in [3.05, 3.63) is 42.0 Å². The van der Waals surface area contributed by atoms with E-state index in [4.69, 9.17) is 10.5 Å².